The highest BCUT2D eigenvalue weighted by Gasteiger charge is 2.30. The Morgan fingerprint density at radius 2 is 0.400 bits per heavy atom. The van der Waals surface area contributed by atoms with Gasteiger partial charge in [0.15, 0.2) is 0 Å². The molecule has 0 aliphatic rings. The van der Waals surface area contributed by atoms with E-state index in [-0.39, 0.29) is 17.9 Å². The Kier molecular flexibility index (Phi) is 93.9. The number of hydrogen-bond donors (Lipinski definition) is 0. The fourth-order valence-corrected chi connectivity index (χ4v) is 16.5. The Labute approximate surface area is 913 Å². The summed E-state index contributed by atoms with van der Waals surface area (Å²) in [5.74, 6) is 13.6. The first-order valence-electron chi connectivity index (χ1n) is 55.4. The van der Waals surface area contributed by atoms with E-state index < -0.39 is 35.8 Å². The fourth-order valence-electron chi connectivity index (χ4n) is 16.5. The maximum atomic E-state index is 11.8. The van der Waals surface area contributed by atoms with Crippen molar-refractivity contribution >= 4 is 72.0 Å². The van der Waals surface area contributed by atoms with Gasteiger partial charge in [-0.3, -0.25) is 0 Å². The maximum Gasteiger partial charge on any atom is 0.384 e. The van der Waals surface area contributed by atoms with Gasteiger partial charge in [-0.05, 0) is 190 Å². The third kappa shape index (κ3) is 80.1. The van der Waals surface area contributed by atoms with Crippen LogP contribution in [-0.2, 0) is 85.8 Å². The molecule has 27 heteroatoms. The van der Waals surface area contributed by atoms with Gasteiger partial charge in [0.1, 0.15) is 118 Å². The van der Waals surface area contributed by atoms with Gasteiger partial charge in [0.05, 0.1) is 180 Å². The summed E-state index contributed by atoms with van der Waals surface area (Å²) in [5.41, 5.74) is 3.03. The Balaban J connectivity index is -0.000000392. The maximum absolute atomic E-state index is 11.8. The van der Waals surface area contributed by atoms with E-state index in [4.69, 9.17) is 63.6 Å². The van der Waals surface area contributed by atoms with Gasteiger partial charge in [-0.15, -0.1) is 25.7 Å². The topological polar surface area (TPSA) is 237 Å². The number of carbonyl (C=O) groups excluding carboxylic acids is 9. The first-order valence-corrected chi connectivity index (χ1v) is 55.4. The van der Waals surface area contributed by atoms with Crippen LogP contribution in [0.3, 0.4) is 0 Å². The second kappa shape index (κ2) is 94.1. The molecule has 0 N–H and O–H groups in total. The molecule has 0 bridgehead atoms. The van der Waals surface area contributed by atoms with Crippen LogP contribution in [0.25, 0.3) is 18.2 Å². The van der Waals surface area contributed by atoms with Crippen molar-refractivity contribution in [3.05, 3.63) is 126 Å². The van der Waals surface area contributed by atoms with Crippen LogP contribution < -0.4 is 0 Å². The van der Waals surface area contributed by atoms with Crippen LogP contribution in [0.15, 0.2) is 109 Å². The molecule has 150 heavy (non-hydrogen) atoms. The molecular formula is C123H210N9O18+9. The van der Waals surface area contributed by atoms with Crippen LogP contribution in [0.4, 0.5) is 0 Å². The number of esters is 9. The summed E-state index contributed by atoms with van der Waals surface area (Å²) in [7, 11) is 12.2. The van der Waals surface area contributed by atoms with Gasteiger partial charge >= 0.3 is 53.7 Å². The molecule has 0 saturated heterocycles. The molecule has 0 radical (unpaired) electrons. The predicted molar refractivity (Wildman–Crippen MR) is 617 cm³/mol. The number of carbonyl (C=O) groups is 9. The third-order valence-corrected chi connectivity index (χ3v) is 27.1. The van der Waals surface area contributed by atoms with Crippen LogP contribution in [0.2, 0.25) is 0 Å². The van der Waals surface area contributed by atoms with Crippen molar-refractivity contribution in [1.29, 1.82) is 0 Å². The highest BCUT2D eigenvalue weighted by Crippen LogP contribution is 2.17. The average molecular weight is 2100 g/mol. The van der Waals surface area contributed by atoms with Crippen molar-refractivity contribution in [3.8, 4) is 73.1 Å². The average Bonchev–Trinajstić information content (AvgIpc) is 0.539. The number of rotatable bonds is 64. The quantitative estimate of drug-likeness (QED) is 0.0127. The number of quaternary nitrogens is 9. The van der Waals surface area contributed by atoms with Crippen LogP contribution in [0.5, 0.6) is 0 Å². The summed E-state index contributed by atoms with van der Waals surface area (Å²) < 4.78 is 54.0. The molecule has 0 spiro atoms. The smallest absolute Gasteiger partial charge is 0.384 e. The number of hydrogen-bond acceptors (Lipinski definition) is 18. The number of benzene rings is 3. The van der Waals surface area contributed by atoms with E-state index in [1.165, 1.54) is 56.9 Å². The molecule has 2 atom stereocenters. The number of terminal acetylenes is 4. The second-order valence-corrected chi connectivity index (χ2v) is 39.0. The standard InChI is InChI=1S/C20H32NO2.C19H30NO2.C17H26NO2.C14H26NO2.C13H24NO2.C12H22NO2.C11H20NO2.C9H16NO2.C8H14NO2/c1-4-7-16-21(6-3,15-5-2)17-18-23-20(22)14-13-19-11-9-8-10-12-19;1-4-14-20(6-3,15-5-2)16-17-22-19(21)13-12-18-10-8-7-9-11-18;1-4-18(5-2,6-3)14-15-20-17(19)13-12-16-10-8-7-9-11-16;1-5-9-11-15(8-4,10-6-2)12-13-17-14(16)7-3;1-5-9-14(8-4,10-6-2)11-12-16-13(15)7-3;1-5-9-12(14)15-11-10-13(6-2,7-3)8-4;1-5-11(13)14-10-9-12(6-2,7-3)8-4;1-5-6-9(11)12-8-7-10(2,3)4;1-5-8(10)11-7-6-9(2,3)4/h8-14H,4-7,15-18H2,1-3H3;7-13H,4-6,14-17H2,1-3H3;7-13H,4-6,14-15H2,1-3H3;3H,5-6,8-13H2,1-2,4H3;3H,5-6,8-12H2,1-2,4H3;6-8,10-11H2,1-4H3;1H,6-10H2,2-4H3;7-8H2,1-4H3;1H,6-7H2,2-4H3/q9*+1/b14-13+;2*13-12+;;;;;;. The van der Waals surface area contributed by atoms with Crippen LogP contribution >= 0.6 is 0 Å². The van der Waals surface area contributed by atoms with E-state index in [2.05, 4.69) is 174 Å². The minimum atomic E-state index is -0.585. The van der Waals surface area contributed by atoms with Crippen LogP contribution in [-0.4, -0.2) is 392 Å². The number of nitrogens with zero attached hydrogens (tertiary/aromatic N) is 9. The normalized spacial score (nSPS) is 11.7. The molecule has 0 aliphatic heterocycles. The van der Waals surface area contributed by atoms with Crippen molar-refractivity contribution < 1.29 is 126 Å². The van der Waals surface area contributed by atoms with E-state index in [0.717, 1.165) is 279 Å². The van der Waals surface area contributed by atoms with E-state index in [9.17, 15) is 43.2 Å². The van der Waals surface area contributed by atoms with Crippen molar-refractivity contribution in [2.45, 2.75) is 223 Å². The summed E-state index contributed by atoms with van der Waals surface area (Å²) in [5, 5.41) is 0. The number of ether oxygens (including phenoxy) is 9. The molecule has 0 aromatic heterocycles. The molecule has 3 rings (SSSR count). The zero-order valence-corrected chi connectivity index (χ0v) is 99.5. The second-order valence-electron chi connectivity index (χ2n) is 39.0. The summed E-state index contributed by atoms with van der Waals surface area (Å²) >= 11 is 0. The largest absolute Gasteiger partial charge is 0.457 e. The summed E-state index contributed by atoms with van der Waals surface area (Å²) in [6, 6.07) is 29.3. The van der Waals surface area contributed by atoms with E-state index in [1.807, 2.05) is 157 Å². The highest BCUT2D eigenvalue weighted by molar-refractivity contribution is 5.91. The SMILES string of the molecule is C#CC(=O)OCC[N+](C)(C)C.C#CC(=O)OCC[N+](CC)(CC)CC.C#CC(=O)OCC[N+](CC)(CCC)CCC.C#CC(=O)OCC[N+](CC)(CCC)CCCC.CC#CC(=O)OCC[N+](C)(C)C.CC#CC(=O)OCC[N+](CC)(CC)CC.CCCC[N+](CC)(CCC)CCOC(=O)/C=C/c1ccccc1.CCC[N+](CC)(CCC)CCOC(=O)/C=C/c1ccccc1.CC[N+](CC)(CC)CCOC(=O)/C=C/c1ccccc1. The van der Waals surface area contributed by atoms with Gasteiger partial charge in [-0.25, -0.2) is 43.2 Å². The van der Waals surface area contributed by atoms with Gasteiger partial charge in [0.25, 0.3) is 0 Å². The monoisotopic (exact) mass is 2100 g/mol. The molecule has 0 amide bonds. The van der Waals surface area contributed by atoms with Crippen molar-refractivity contribution in [2.24, 2.45) is 0 Å². The summed E-state index contributed by atoms with van der Waals surface area (Å²) in [4.78, 5) is 99.9. The van der Waals surface area contributed by atoms with Crippen molar-refractivity contribution in [2.75, 3.05) is 298 Å². The van der Waals surface area contributed by atoms with E-state index in [0.29, 0.717) is 59.5 Å². The summed E-state index contributed by atoms with van der Waals surface area (Å²) in [6.45, 7) is 84.2. The van der Waals surface area contributed by atoms with Gasteiger partial charge in [-0.2, -0.15) is 0 Å². The Morgan fingerprint density at radius 1 is 0.227 bits per heavy atom. The van der Waals surface area contributed by atoms with Crippen molar-refractivity contribution in [3.63, 3.8) is 0 Å². The van der Waals surface area contributed by atoms with Gasteiger partial charge in [0, 0.05) is 53.8 Å². The summed E-state index contributed by atoms with van der Waals surface area (Å²) in [6.07, 6.45) is 41.3. The molecular weight excluding hydrogens is 1890 g/mol. The van der Waals surface area contributed by atoms with Crippen LogP contribution in [0.1, 0.15) is 240 Å². The molecule has 2 unspecified atom stereocenters. The minimum Gasteiger partial charge on any atom is -0.457 e. The number of unbranched alkanes of at least 4 members (excludes halogenated alkanes) is 2. The number of likely N-dealkylation sites (N-methyl/N-ethyl adjacent to an activating group) is 9. The lowest BCUT2D eigenvalue weighted by atomic mass is 10.2. The molecule has 0 fully saturated rings. The molecule has 0 aliphatic carbocycles. The molecule has 846 valence electrons. The molecule has 3 aromatic carbocycles. The lowest BCUT2D eigenvalue weighted by molar-refractivity contribution is -0.927. The van der Waals surface area contributed by atoms with Crippen molar-refractivity contribution in [1.82, 2.24) is 0 Å². The Hall–Kier alpha value is -10.9. The molecule has 27 nitrogen and oxygen atoms in total. The fraction of sp³-hybridized carbons (Fsp3) is 0.634. The zero-order chi connectivity index (χ0) is 115. The molecule has 0 heterocycles. The first kappa shape index (κ1) is 150. The minimum absolute atomic E-state index is 0.255. The van der Waals surface area contributed by atoms with Crippen LogP contribution in [0, 0.1) is 73.1 Å². The van der Waals surface area contributed by atoms with Gasteiger partial charge in [-0.1, -0.05) is 171 Å². The van der Waals surface area contributed by atoms with E-state index >= 15 is 0 Å². The third-order valence-electron chi connectivity index (χ3n) is 27.1. The first-order chi connectivity index (χ1) is 71.4. The van der Waals surface area contributed by atoms with Gasteiger partial charge in [0.2, 0.25) is 0 Å². The molecule has 3 aromatic rings. The zero-order valence-electron chi connectivity index (χ0n) is 99.5. The Bertz CT molecular complexity index is 4390. The Morgan fingerprint density at radius 3 is 0.567 bits per heavy atom. The predicted octanol–water partition coefficient (Wildman–Crippen LogP) is 17.9. The lowest BCUT2D eigenvalue weighted by Crippen LogP contribution is -2.51. The van der Waals surface area contributed by atoms with Gasteiger partial charge < -0.3 is 83.0 Å². The highest BCUT2D eigenvalue weighted by atomic mass is 16.6. The molecule has 0 saturated carbocycles. The lowest BCUT2D eigenvalue weighted by Gasteiger charge is -2.37. The van der Waals surface area contributed by atoms with E-state index in [1.54, 1.807) is 32.1 Å².